The van der Waals surface area contributed by atoms with Crippen molar-refractivity contribution in [3.8, 4) is 0 Å². The Morgan fingerprint density at radius 3 is 2.81 bits per heavy atom. The topological polar surface area (TPSA) is 52.6 Å². The predicted molar refractivity (Wildman–Crippen MR) is 56.5 cm³/mol. The molecule has 5 atom stereocenters. The molecular weight excluding hydrogens is 208 g/mol. The summed E-state index contributed by atoms with van der Waals surface area (Å²) in [5.41, 5.74) is 0. The Labute approximate surface area is 95.3 Å². The van der Waals surface area contributed by atoms with Crippen LogP contribution in [-0.2, 0) is 19.1 Å². The number of esters is 2. The fourth-order valence-corrected chi connectivity index (χ4v) is 3.05. The number of carbonyl (C=O) groups is 2. The van der Waals surface area contributed by atoms with Gasteiger partial charge < -0.3 is 9.47 Å². The van der Waals surface area contributed by atoms with E-state index >= 15 is 0 Å². The van der Waals surface area contributed by atoms with Gasteiger partial charge in [0.1, 0.15) is 12.2 Å². The Morgan fingerprint density at radius 1 is 1.50 bits per heavy atom. The van der Waals surface area contributed by atoms with Crippen molar-refractivity contribution in [2.45, 2.75) is 45.8 Å². The third-order valence-electron chi connectivity index (χ3n) is 3.64. The van der Waals surface area contributed by atoms with Gasteiger partial charge in [0, 0.05) is 12.8 Å². The molecule has 4 heteroatoms. The van der Waals surface area contributed by atoms with Crippen LogP contribution in [0.1, 0.15) is 33.6 Å². The highest BCUT2D eigenvalue weighted by atomic mass is 16.6. The minimum absolute atomic E-state index is 0.0259. The minimum atomic E-state index is -0.332. The minimum Gasteiger partial charge on any atom is -0.459 e. The van der Waals surface area contributed by atoms with Crippen LogP contribution in [0.4, 0.5) is 0 Å². The Kier molecular flexibility index (Phi) is 2.91. The van der Waals surface area contributed by atoms with Gasteiger partial charge in [-0.05, 0) is 25.7 Å². The monoisotopic (exact) mass is 226 g/mol. The quantitative estimate of drug-likeness (QED) is 0.670. The summed E-state index contributed by atoms with van der Waals surface area (Å²) in [6.07, 6.45) is 1.33. The molecule has 0 aromatic carbocycles. The maximum absolute atomic E-state index is 11.6. The molecule has 0 spiro atoms. The van der Waals surface area contributed by atoms with Crippen molar-refractivity contribution in [1.82, 2.24) is 0 Å². The van der Waals surface area contributed by atoms with Crippen LogP contribution in [0.15, 0.2) is 0 Å². The lowest BCUT2D eigenvalue weighted by Gasteiger charge is -2.22. The highest BCUT2D eigenvalue weighted by Crippen LogP contribution is 2.45. The first-order chi connectivity index (χ1) is 7.49. The zero-order chi connectivity index (χ0) is 11.9. The van der Waals surface area contributed by atoms with Gasteiger partial charge in [-0.1, -0.05) is 6.92 Å². The van der Waals surface area contributed by atoms with E-state index < -0.39 is 0 Å². The van der Waals surface area contributed by atoms with Crippen LogP contribution in [0, 0.1) is 17.8 Å². The number of cyclic esters (lactones) is 1. The van der Waals surface area contributed by atoms with Crippen LogP contribution < -0.4 is 0 Å². The van der Waals surface area contributed by atoms with Crippen molar-refractivity contribution in [2.75, 3.05) is 0 Å². The molecule has 2 rings (SSSR count). The summed E-state index contributed by atoms with van der Waals surface area (Å²) in [6, 6.07) is 0. The van der Waals surface area contributed by atoms with Gasteiger partial charge in [0.05, 0.1) is 5.92 Å². The van der Waals surface area contributed by atoms with Gasteiger partial charge in [-0.15, -0.1) is 0 Å². The largest absolute Gasteiger partial charge is 0.459 e. The van der Waals surface area contributed by atoms with Gasteiger partial charge in [-0.25, -0.2) is 0 Å². The smallest absolute Gasteiger partial charge is 0.309 e. The predicted octanol–water partition coefficient (Wildman–Crippen LogP) is 1.53. The number of ether oxygens (including phenoxy) is 2. The lowest BCUT2D eigenvalue weighted by Crippen LogP contribution is -2.33. The fraction of sp³-hybridized carbons (Fsp3) is 0.833. The van der Waals surface area contributed by atoms with Crippen LogP contribution in [-0.4, -0.2) is 24.1 Å². The van der Waals surface area contributed by atoms with Gasteiger partial charge in [0.25, 0.3) is 0 Å². The zero-order valence-electron chi connectivity index (χ0n) is 9.93. The lowest BCUT2D eigenvalue weighted by molar-refractivity contribution is -0.160. The molecule has 2 fully saturated rings. The molecule has 90 valence electrons. The van der Waals surface area contributed by atoms with E-state index in [4.69, 9.17) is 9.47 Å². The molecule has 0 aromatic heterocycles. The van der Waals surface area contributed by atoms with E-state index in [0.29, 0.717) is 5.92 Å². The first kappa shape index (κ1) is 11.4. The molecule has 1 heterocycles. The molecule has 0 N–H and O–H groups in total. The van der Waals surface area contributed by atoms with Gasteiger partial charge in [-0.3, -0.25) is 9.59 Å². The molecule has 1 saturated carbocycles. The van der Waals surface area contributed by atoms with Crippen molar-refractivity contribution in [3.05, 3.63) is 0 Å². The Balaban J connectivity index is 2.06. The van der Waals surface area contributed by atoms with E-state index in [0.717, 1.165) is 12.8 Å². The van der Waals surface area contributed by atoms with Gasteiger partial charge in [-0.2, -0.15) is 0 Å². The second-order valence-corrected chi connectivity index (χ2v) is 5.06. The summed E-state index contributed by atoms with van der Waals surface area (Å²) in [4.78, 5) is 22.5. The summed E-state index contributed by atoms with van der Waals surface area (Å²) < 4.78 is 10.4. The number of fused-ring (bicyclic) bond motifs is 1. The summed E-state index contributed by atoms with van der Waals surface area (Å²) in [7, 11) is 0. The number of rotatable bonds is 2. The van der Waals surface area contributed by atoms with Gasteiger partial charge in [0.15, 0.2) is 0 Å². The van der Waals surface area contributed by atoms with Crippen molar-refractivity contribution in [3.63, 3.8) is 0 Å². The summed E-state index contributed by atoms with van der Waals surface area (Å²) in [5.74, 6) is 0.390. The van der Waals surface area contributed by atoms with E-state index in [9.17, 15) is 9.59 Å². The third kappa shape index (κ3) is 1.93. The van der Waals surface area contributed by atoms with E-state index in [1.165, 1.54) is 6.92 Å². The molecule has 2 aliphatic rings. The third-order valence-corrected chi connectivity index (χ3v) is 3.64. The Hall–Kier alpha value is -1.06. The zero-order valence-corrected chi connectivity index (χ0v) is 9.93. The van der Waals surface area contributed by atoms with Crippen LogP contribution in [0.3, 0.4) is 0 Å². The van der Waals surface area contributed by atoms with Crippen molar-refractivity contribution < 1.29 is 19.1 Å². The number of hydrogen-bond donors (Lipinski definition) is 0. The maximum Gasteiger partial charge on any atom is 0.309 e. The Bertz CT molecular complexity index is 312. The summed E-state index contributed by atoms with van der Waals surface area (Å²) in [6.45, 7) is 5.33. The van der Waals surface area contributed by atoms with Gasteiger partial charge >= 0.3 is 11.9 Å². The van der Waals surface area contributed by atoms with Crippen LogP contribution in [0.2, 0.25) is 0 Å². The number of carbonyl (C=O) groups excluding carboxylic acids is 2. The highest BCUT2D eigenvalue weighted by Gasteiger charge is 2.51. The van der Waals surface area contributed by atoms with E-state index in [2.05, 4.69) is 6.92 Å². The van der Waals surface area contributed by atoms with Crippen molar-refractivity contribution in [2.24, 2.45) is 17.8 Å². The SMILES string of the molecule is CC(=O)OC(C)C1OC(=O)C2CC(C)CC21. The van der Waals surface area contributed by atoms with Gasteiger partial charge in [0.2, 0.25) is 0 Å². The van der Waals surface area contributed by atoms with Crippen LogP contribution in [0.25, 0.3) is 0 Å². The summed E-state index contributed by atoms with van der Waals surface area (Å²) >= 11 is 0. The molecule has 5 unspecified atom stereocenters. The second kappa shape index (κ2) is 4.07. The average Bonchev–Trinajstić information content (AvgIpc) is 2.65. The van der Waals surface area contributed by atoms with Crippen LogP contribution in [0.5, 0.6) is 0 Å². The van der Waals surface area contributed by atoms with Crippen molar-refractivity contribution >= 4 is 11.9 Å². The van der Waals surface area contributed by atoms with E-state index in [1.807, 2.05) is 0 Å². The molecule has 16 heavy (non-hydrogen) atoms. The molecule has 0 bridgehead atoms. The first-order valence-electron chi connectivity index (χ1n) is 5.86. The average molecular weight is 226 g/mol. The molecule has 1 aliphatic carbocycles. The van der Waals surface area contributed by atoms with Crippen molar-refractivity contribution in [1.29, 1.82) is 0 Å². The second-order valence-electron chi connectivity index (χ2n) is 5.06. The molecular formula is C12H18O4. The molecule has 4 nitrogen and oxygen atoms in total. The molecule has 0 radical (unpaired) electrons. The van der Waals surface area contributed by atoms with E-state index in [1.54, 1.807) is 6.92 Å². The summed E-state index contributed by atoms with van der Waals surface area (Å²) in [5, 5.41) is 0. The Morgan fingerprint density at radius 2 is 2.19 bits per heavy atom. The van der Waals surface area contributed by atoms with E-state index in [-0.39, 0.29) is 36.0 Å². The normalized spacial score (nSPS) is 39.1. The molecule has 0 amide bonds. The molecule has 0 aromatic rings. The molecule has 1 saturated heterocycles. The highest BCUT2D eigenvalue weighted by molar-refractivity contribution is 5.76. The molecule has 1 aliphatic heterocycles. The standard InChI is InChI=1S/C12H18O4/c1-6-4-9-10(5-6)12(14)16-11(9)7(2)15-8(3)13/h6-7,9-11H,4-5H2,1-3H3. The first-order valence-corrected chi connectivity index (χ1v) is 5.86. The number of hydrogen-bond acceptors (Lipinski definition) is 4. The van der Waals surface area contributed by atoms with Crippen LogP contribution >= 0.6 is 0 Å². The maximum atomic E-state index is 11.6. The lowest BCUT2D eigenvalue weighted by atomic mass is 9.91. The fourth-order valence-electron chi connectivity index (χ4n) is 3.05.